The van der Waals surface area contributed by atoms with Gasteiger partial charge >= 0.3 is 0 Å². The average Bonchev–Trinajstić information content (AvgIpc) is 2.73. The van der Waals surface area contributed by atoms with Crippen molar-refractivity contribution < 1.29 is 13.2 Å². The molecule has 1 aliphatic rings. The fourth-order valence-electron chi connectivity index (χ4n) is 2.23. The van der Waals surface area contributed by atoms with E-state index in [4.69, 9.17) is 11.6 Å². The second-order valence-corrected chi connectivity index (χ2v) is 7.94. The monoisotopic (exact) mass is 330 g/mol. The van der Waals surface area contributed by atoms with Crippen LogP contribution in [-0.2, 0) is 14.6 Å². The van der Waals surface area contributed by atoms with Crippen LogP contribution in [0.25, 0.3) is 0 Å². The fourth-order valence-corrected chi connectivity index (χ4v) is 4.09. The van der Waals surface area contributed by atoms with Gasteiger partial charge in [0, 0.05) is 29.7 Å². The van der Waals surface area contributed by atoms with Gasteiger partial charge < -0.3 is 10.6 Å². The lowest BCUT2D eigenvalue weighted by molar-refractivity contribution is -0.121. The van der Waals surface area contributed by atoms with Crippen molar-refractivity contribution in [2.24, 2.45) is 0 Å². The first kappa shape index (κ1) is 16.1. The highest BCUT2D eigenvalue weighted by molar-refractivity contribution is 7.91. The first-order valence-corrected chi connectivity index (χ1v) is 9.05. The van der Waals surface area contributed by atoms with Crippen molar-refractivity contribution in [3.05, 3.63) is 28.8 Å². The van der Waals surface area contributed by atoms with Gasteiger partial charge in [0.15, 0.2) is 9.84 Å². The molecule has 21 heavy (non-hydrogen) atoms. The molecule has 0 radical (unpaired) electrons. The Morgan fingerprint density at radius 1 is 1.43 bits per heavy atom. The number of carbonyl (C=O) groups is 1. The van der Waals surface area contributed by atoms with Crippen LogP contribution in [0.4, 0.5) is 5.69 Å². The molecule has 2 rings (SSSR count). The molecule has 1 heterocycles. The summed E-state index contributed by atoms with van der Waals surface area (Å²) in [6.45, 7) is 2.40. The Labute approximate surface area is 130 Å². The lowest BCUT2D eigenvalue weighted by atomic mass is 10.2. The molecule has 1 atom stereocenters. The second kappa shape index (κ2) is 6.66. The third-order valence-electron chi connectivity index (χ3n) is 3.45. The van der Waals surface area contributed by atoms with E-state index in [1.165, 1.54) is 0 Å². The van der Waals surface area contributed by atoms with Gasteiger partial charge in [-0.15, -0.1) is 0 Å². The molecule has 1 amide bonds. The van der Waals surface area contributed by atoms with Crippen LogP contribution in [-0.4, -0.2) is 38.4 Å². The number of hydrogen-bond acceptors (Lipinski definition) is 4. The quantitative estimate of drug-likeness (QED) is 0.862. The number of anilines is 1. The molecule has 1 saturated heterocycles. The minimum Gasteiger partial charge on any atom is -0.384 e. The van der Waals surface area contributed by atoms with Gasteiger partial charge in [0.05, 0.1) is 11.5 Å². The van der Waals surface area contributed by atoms with E-state index in [0.717, 1.165) is 11.3 Å². The first-order chi connectivity index (χ1) is 9.85. The number of sulfone groups is 1. The minimum atomic E-state index is -2.96. The molecule has 116 valence electrons. The van der Waals surface area contributed by atoms with Crippen LogP contribution in [0.1, 0.15) is 18.4 Å². The smallest absolute Gasteiger partial charge is 0.222 e. The maximum atomic E-state index is 11.7. The highest BCUT2D eigenvalue weighted by Gasteiger charge is 2.28. The average molecular weight is 331 g/mol. The van der Waals surface area contributed by atoms with E-state index in [1.54, 1.807) is 0 Å². The van der Waals surface area contributed by atoms with Crippen molar-refractivity contribution in [2.45, 2.75) is 25.8 Å². The Morgan fingerprint density at radius 2 is 2.19 bits per heavy atom. The molecular formula is C14H19ClN2O3S. The topological polar surface area (TPSA) is 75.3 Å². The summed E-state index contributed by atoms with van der Waals surface area (Å²) in [5.41, 5.74) is 1.87. The van der Waals surface area contributed by atoms with Crippen LogP contribution in [0.3, 0.4) is 0 Å². The van der Waals surface area contributed by atoms with Crippen molar-refractivity contribution in [3.63, 3.8) is 0 Å². The molecule has 1 fully saturated rings. The lowest BCUT2D eigenvalue weighted by Gasteiger charge is -2.12. The zero-order chi connectivity index (χ0) is 15.5. The molecule has 2 N–H and O–H groups in total. The number of amides is 1. The van der Waals surface area contributed by atoms with Gasteiger partial charge in [-0.05, 0) is 31.0 Å². The van der Waals surface area contributed by atoms with Crippen molar-refractivity contribution in [1.82, 2.24) is 5.32 Å². The van der Waals surface area contributed by atoms with E-state index in [-0.39, 0.29) is 23.5 Å². The maximum Gasteiger partial charge on any atom is 0.222 e. The zero-order valence-electron chi connectivity index (χ0n) is 11.9. The zero-order valence-corrected chi connectivity index (χ0v) is 13.4. The van der Waals surface area contributed by atoms with E-state index in [0.29, 0.717) is 24.4 Å². The minimum absolute atomic E-state index is 0.0553. The number of rotatable bonds is 5. The highest BCUT2D eigenvalue weighted by Crippen LogP contribution is 2.19. The Kier molecular flexibility index (Phi) is 5.11. The number of halogens is 1. The van der Waals surface area contributed by atoms with Crippen LogP contribution in [0.2, 0.25) is 5.02 Å². The van der Waals surface area contributed by atoms with Gasteiger partial charge in [0.25, 0.3) is 0 Å². The Morgan fingerprint density at radius 3 is 2.81 bits per heavy atom. The summed E-state index contributed by atoms with van der Waals surface area (Å²) in [6.07, 6.45) is 0.803. The maximum absolute atomic E-state index is 11.7. The normalized spacial score (nSPS) is 20.2. The summed E-state index contributed by atoms with van der Waals surface area (Å²) in [6, 6.07) is 5.39. The Bertz CT molecular complexity index is 631. The van der Waals surface area contributed by atoms with Gasteiger partial charge in [0.2, 0.25) is 5.91 Å². The first-order valence-electron chi connectivity index (χ1n) is 6.85. The van der Waals surface area contributed by atoms with E-state index < -0.39 is 9.84 Å². The molecule has 1 aromatic carbocycles. The Balaban J connectivity index is 1.73. The van der Waals surface area contributed by atoms with Gasteiger partial charge in [0.1, 0.15) is 0 Å². The van der Waals surface area contributed by atoms with E-state index in [9.17, 15) is 13.2 Å². The molecule has 5 nitrogen and oxygen atoms in total. The summed E-state index contributed by atoms with van der Waals surface area (Å²) < 4.78 is 22.6. The SMILES string of the molecule is Cc1ccc(NCCC(=O)NC2CCS(=O)(=O)C2)cc1Cl. The second-order valence-electron chi connectivity index (χ2n) is 5.31. The highest BCUT2D eigenvalue weighted by atomic mass is 35.5. The molecule has 7 heteroatoms. The molecule has 0 aromatic heterocycles. The summed E-state index contributed by atoms with van der Waals surface area (Å²) in [5, 5.41) is 6.56. The summed E-state index contributed by atoms with van der Waals surface area (Å²) in [5.74, 6) is 0.0838. The molecule has 1 aliphatic heterocycles. The van der Waals surface area contributed by atoms with E-state index in [1.807, 2.05) is 25.1 Å². The van der Waals surface area contributed by atoms with Crippen molar-refractivity contribution >= 4 is 33.0 Å². The molecule has 1 unspecified atom stereocenters. The van der Waals surface area contributed by atoms with Gasteiger partial charge in [-0.3, -0.25) is 4.79 Å². The number of benzene rings is 1. The standard InChI is InChI=1S/C14H19ClN2O3S/c1-10-2-3-11(8-13(10)15)16-6-4-14(18)17-12-5-7-21(19,20)9-12/h2-3,8,12,16H,4-7,9H2,1H3,(H,17,18). The third-order valence-corrected chi connectivity index (χ3v) is 5.63. The Hall–Kier alpha value is -1.27. The van der Waals surface area contributed by atoms with Crippen LogP contribution in [0.15, 0.2) is 18.2 Å². The largest absolute Gasteiger partial charge is 0.384 e. The molecule has 0 saturated carbocycles. The summed E-state index contributed by atoms with van der Waals surface area (Å²) in [4.78, 5) is 11.7. The molecule has 0 spiro atoms. The van der Waals surface area contributed by atoms with Crippen LogP contribution >= 0.6 is 11.6 Å². The predicted molar refractivity (Wildman–Crippen MR) is 84.5 cm³/mol. The lowest BCUT2D eigenvalue weighted by Crippen LogP contribution is -2.36. The van der Waals surface area contributed by atoms with Crippen LogP contribution in [0, 0.1) is 6.92 Å². The van der Waals surface area contributed by atoms with Crippen molar-refractivity contribution in [1.29, 1.82) is 0 Å². The van der Waals surface area contributed by atoms with Crippen LogP contribution < -0.4 is 10.6 Å². The number of aryl methyl sites for hydroxylation is 1. The van der Waals surface area contributed by atoms with Gasteiger partial charge in [-0.25, -0.2) is 8.42 Å². The number of nitrogens with one attached hydrogen (secondary N) is 2. The van der Waals surface area contributed by atoms with E-state index in [2.05, 4.69) is 10.6 Å². The molecule has 0 aliphatic carbocycles. The predicted octanol–water partition coefficient (Wildman–Crippen LogP) is 1.75. The van der Waals surface area contributed by atoms with E-state index >= 15 is 0 Å². The van der Waals surface area contributed by atoms with Crippen molar-refractivity contribution in [2.75, 3.05) is 23.4 Å². The number of carbonyl (C=O) groups excluding carboxylic acids is 1. The summed E-state index contributed by atoms with van der Waals surface area (Å²) in [7, 11) is -2.96. The molecular weight excluding hydrogens is 312 g/mol. The molecule has 1 aromatic rings. The summed E-state index contributed by atoms with van der Waals surface area (Å²) >= 11 is 6.02. The van der Waals surface area contributed by atoms with Crippen molar-refractivity contribution in [3.8, 4) is 0 Å². The van der Waals surface area contributed by atoms with Gasteiger partial charge in [-0.1, -0.05) is 17.7 Å². The third kappa shape index (κ3) is 4.89. The molecule has 0 bridgehead atoms. The van der Waals surface area contributed by atoms with Crippen LogP contribution in [0.5, 0.6) is 0 Å². The van der Waals surface area contributed by atoms with Gasteiger partial charge in [-0.2, -0.15) is 0 Å². The fraction of sp³-hybridized carbons (Fsp3) is 0.500. The number of hydrogen-bond donors (Lipinski definition) is 2.